The number of carbonyl (C=O) groups excluding carboxylic acids is 2. The van der Waals surface area contributed by atoms with E-state index in [-0.39, 0.29) is 11.9 Å². The molecule has 0 saturated carbocycles. The predicted octanol–water partition coefficient (Wildman–Crippen LogP) is 3.04. The van der Waals surface area contributed by atoms with Gasteiger partial charge in [0.05, 0.1) is 23.9 Å². The maximum absolute atomic E-state index is 13.3. The van der Waals surface area contributed by atoms with Gasteiger partial charge in [0, 0.05) is 31.9 Å². The van der Waals surface area contributed by atoms with Crippen LogP contribution >= 0.6 is 0 Å². The second-order valence-corrected chi connectivity index (χ2v) is 7.89. The fraction of sp³-hybridized carbons (Fsp3) is 0.348. The van der Waals surface area contributed by atoms with Crippen LogP contribution in [0.1, 0.15) is 34.0 Å². The SMILES string of the molecule is Cc1cc(C)c(C2NC(=O)N(C)C3=C2C(=O)N(CCc2ccccn2)C3)cc1C. The molecule has 1 aromatic carbocycles. The lowest BCUT2D eigenvalue weighted by Crippen LogP contribution is -2.45. The summed E-state index contributed by atoms with van der Waals surface area (Å²) in [4.78, 5) is 33.7. The molecule has 1 atom stereocenters. The van der Waals surface area contributed by atoms with Crippen LogP contribution in [0.25, 0.3) is 0 Å². The molecule has 0 fully saturated rings. The van der Waals surface area contributed by atoms with Crippen molar-refractivity contribution >= 4 is 11.9 Å². The van der Waals surface area contributed by atoms with Gasteiger partial charge in [-0.05, 0) is 55.2 Å². The zero-order chi connectivity index (χ0) is 20.7. The van der Waals surface area contributed by atoms with Gasteiger partial charge >= 0.3 is 6.03 Å². The largest absolute Gasteiger partial charge is 0.333 e. The van der Waals surface area contributed by atoms with Crippen LogP contribution in [0, 0.1) is 20.8 Å². The zero-order valence-corrected chi connectivity index (χ0v) is 17.3. The summed E-state index contributed by atoms with van der Waals surface area (Å²) in [5.74, 6) is -0.00888. The molecule has 0 radical (unpaired) electrons. The summed E-state index contributed by atoms with van der Waals surface area (Å²) < 4.78 is 0. The summed E-state index contributed by atoms with van der Waals surface area (Å²) >= 11 is 0. The Kier molecular flexibility index (Phi) is 4.86. The molecule has 0 saturated heterocycles. The van der Waals surface area contributed by atoms with E-state index in [1.165, 1.54) is 5.56 Å². The first-order valence-electron chi connectivity index (χ1n) is 9.91. The van der Waals surface area contributed by atoms with Crippen molar-refractivity contribution in [3.63, 3.8) is 0 Å². The summed E-state index contributed by atoms with van der Waals surface area (Å²) in [6.07, 6.45) is 2.45. The van der Waals surface area contributed by atoms with Crippen molar-refractivity contribution in [2.24, 2.45) is 0 Å². The van der Waals surface area contributed by atoms with Crippen LogP contribution in [-0.4, -0.2) is 46.9 Å². The van der Waals surface area contributed by atoms with Gasteiger partial charge in [0.1, 0.15) is 0 Å². The van der Waals surface area contributed by atoms with Gasteiger partial charge in [-0.2, -0.15) is 0 Å². The first-order valence-corrected chi connectivity index (χ1v) is 9.91. The van der Waals surface area contributed by atoms with Gasteiger partial charge in [-0.3, -0.25) is 14.7 Å². The third-order valence-electron chi connectivity index (χ3n) is 5.99. The Labute approximate surface area is 171 Å². The number of urea groups is 1. The first-order chi connectivity index (χ1) is 13.9. The molecule has 150 valence electrons. The second-order valence-electron chi connectivity index (χ2n) is 7.89. The number of aryl methyl sites for hydroxylation is 3. The topological polar surface area (TPSA) is 65.5 Å². The molecule has 0 spiro atoms. The highest BCUT2D eigenvalue weighted by Crippen LogP contribution is 2.37. The van der Waals surface area contributed by atoms with E-state index in [0.29, 0.717) is 25.1 Å². The highest BCUT2D eigenvalue weighted by Gasteiger charge is 2.43. The minimum atomic E-state index is -0.416. The van der Waals surface area contributed by atoms with E-state index < -0.39 is 6.04 Å². The molecule has 6 nitrogen and oxygen atoms in total. The van der Waals surface area contributed by atoms with E-state index in [1.807, 2.05) is 30.0 Å². The normalized spacial score (nSPS) is 19.0. The Bertz CT molecular complexity index is 1010. The lowest BCUT2D eigenvalue weighted by Gasteiger charge is -2.32. The quantitative estimate of drug-likeness (QED) is 0.873. The molecule has 0 bridgehead atoms. The summed E-state index contributed by atoms with van der Waals surface area (Å²) in [5.41, 5.74) is 6.85. The average Bonchev–Trinajstić information content (AvgIpc) is 3.04. The van der Waals surface area contributed by atoms with Gasteiger partial charge in [-0.1, -0.05) is 18.2 Å². The van der Waals surface area contributed by atoms with Crippen LogP contribution in [0.2, 0.25) is 0 Å². The number of likely N-dealkylation sites (N-methyl/N-ethyl adjacent to an activating group) is 1. The highest BCUT2D eigenvalue weighted by atomic mass is 16.2. The van der Waals surface area contributed by atoms with Crippen LogP contribution in [0.15, 0.2) is 47.8 Å². The third kappa shape index (κ3) is 3.39. The van der Waals surface area contributed by atoms with Gasteiger partial charge in [0.2, 0.25) is 0 Å². The number of nitrogens with zero attached hydrogens (tertiary/aromatic N) is 3. The number of carbonyl (C=O) groups is 2. The van der Waals surface area contributed by atoms with Gasteiger partial charge in [0.15, 0.2) is 0 Å². The number of amides is 3. The van der Waals surface area contributed by atoms with Gasteiger partial charge in [-0.25, -0.2) is 4.79 Å². The molecule has 3 heterocycles. The monoisotopic (exact) mass is 390 g/mol. The third-order valence-corrected chi connectivity index (χ3v) is 5.99. The van der Waals surface area contributed by atoms with E-state index in [2.05, 4.69) is 36.3 Å². The molecule has 2 aliphatic rings. The minimum Gasteiger partial charge on any atom is -0.333 e. The number of hydrogen-bond acceptors (Lipinski definition) is 3. The maximum Gasteiger partial charge on any atom is 0.322 e. The summed E-state index contributed by atoms with van der Waals surface area (Å²) in [5, 5.41) is 3.04. The molecule has 0 aliphatic carbocycles. The summed E-state index contributed by atoms with van der Waals surface area (Å²) in [6, 6.07) is 9.42. The van der Waals surface area contributed by atoms with E-state index in [9.17, 15) is 9.59 Å². The molecule has 29 heavy (non-hydrogen) atoms. The molecule has 1 aromatic heterocycles. The summed E-state index contributed by atoms with van der Waals surface area (Å²) in [6.45, 7) is 7.18. The van der Waals surface area contributed by atoms with Crippen LogP contribution in [0.3, 0.4) is 0 Å². The van der Waals surface area contributed by atoms with Crippen LogP contribution in [0.5, 0.6) is 0 Å². The lowest BCUT2D eigenvalue weighted by molar-refractivity contribution is -0.125. The Morgan fingerprint density at radius 2 is 1.86 bits per heavy atom. The second kappa shape index (κ2) is 7.35. The number of rotatable bonds is 4. The zero-order valence-electron chi connectivity index (χ0n) is 17.3. The van der Waals surface area contributed by atoms with E-state index in [1.54, 1.807) is 18.1 Å². The smallest absolute Gasteiger partial charge is 0.322 e. The molecule has 4 rings (SSSR count). The molecular weight excluding hydrogens is 364 g/mol. The van der Waals surface area contributed by atoms with Crippen LogP contribution in [0.4, 0.5) is 4.79 Å². The van der Waals surface area contributed by atoms with Gasteiger partial charge < -0.3 is 10.2 Å². The number of benzene rings is 1. The Morgan fingerprint density at radius 3 is 2.59 bits per heavy atom. The molecule has 1 N–H and O–H groups in total. The number of pyridine rings is 1. The molecular formula is C23H26N4O2. The average molecular weight is 390 g/mol. The molecule has 6 heteroatoms. The Morgan fingerprint density at radius 1 is 1.10 bits per heavy atom. The van der Waals surface area contributed by atoms with Crippen LogP contribution in [-0.2, 0) is 11.2 Å². The fourth-order valence-electron chi connectivity index (χ4n) is 4.13. The van der Waals surface area contributed by atoms with E-state index >= 15 is 0 Å². The van der Waals surface area contributed by atoms with Crippen molar-refractivity contribution in [3.8, 4) is 0 Å². The lowest BCUT2D eigenvalue weighted by atomic mass is 9.90. The highest BCUT2D eigenvalue weighted by molar-refractivity contribution is 6.01. The molecule has 2 aliphatic heterocycles. The standard InChI is InChI=1S/C23H26N4O2/c1-14-11-16(3)18(12-15(14)2)21-20-19(26(4)23(29)25-21)13-27(22(20)28)10-8-17-7-5-6-9-24-17/h5-7,9,11-12,21H,8,10,13H2,1-4H3,(H,25,29). The van der Waals surface area contributed by atoms with E-state index in [0.717, 1.165) is 28.1 Å². The van der Waals surface area contributed by atoms with Crippen molar-refractivity contribution in [1.82, 2.24) is 20.1 Å². The number of hydrogen-bond donors (Lipinski definition) is 1. The van der Waals surface area contributed by atoms with E-state index in [4.69, 9.17) is 0 Å². The van der Waals surface area contributed by atoms with Gasteiger partial charge in [0.25, 0.3) is 5.91 Å². The number of nitrogens with one attached hydrogen (secondary N) is 1. The Hall–Kier alpha value is -3.15. The van der Waals surface area contributed by atoms with Crippen molar-refractivity contribution in [3.05, 3.63) is 75.7 Å². The first kappa shape index (κ1) is 19.2. The predicted molar refractivity (Wildman–Crippen MR) is 111 cm³/mol. The van der Waals surface area contributed by atoms with Crippen molar-refractivity contribution in [2.75, 3.05) is 20.1 Å². The summed E-state index contributed by atoms with van der Waals surface area (Å²) in [7, 11) is 1.73. The van der Waals surface area contributed by atoms with Crippen molar-refractivity contribution < 1.29 is 9.59 Å². The maximum atomic E-state index is 13.3. The fourth-order valence-corrected chi connectivity index (χ4v) is 4.13. The van der Waals surface area contributed by atoms with Gasteiger partial charge in [-0.15, -0.1) is 0 Å². The minimum absolute atomic E-state index is 0.00888. The van der Waals surface area contributed by atoms with Crippen molar-refractivity contribution in [2.45, 2.75) is 33.2 Å². The Balaban J connectivity index is 1.65. The van der Waals surface area contributed by atoms with Crippen LogP contribution < -0.4 is 5.32 Å². The molecule has 1 unspecified atom stereocenters. The molecule has 2 aromatic rings. The number of aromatic nitrogens is 1. The van der Waals surface area contributed by atoms with Crippen molar-refractivity contribution in [1.29, 1.82) is 0 Å². The molecule has 3 amide bonds.